The first-order valence-corrected chi connectivity index (χ1v) is 11.5. The predicted molar refractivity (Wildman–Crippen MR) is 116 cm³/mol. The molecular formula is C22H27FN4OS. The fraction of sp³-hybridized carbons (Fsp3) is 0.409. The van der Waals surface area contributed by atoms with Gasteiger partial charge in [0.15, 0.2) is 0 Å². The highest BCUT2D eigenvalue weighted by Gasteiger charge is 2.25. The summed E-state index contributed by atoms with van der Waals surface area (Å²) in [5.74, 6) is 0.201. The first-order valence-electron chi connectivity index (χ1n) is 9.94. The normalized spacial score (nSPS) is 16.8. The zero-order valence-corrected chi connectivity index (χ0v) is 18.1. The Hall–Kier alpha value is -2.25. The van der Waals surface area contributed by atoms with E-state index >= 15 is 0 Å². The fourth-order valence-electron chi connectivity index (χ4n) is 4.08. The van der Waals surface area contributed by atoms with E-state index in [1.807, 2.05) is 30.8 Å². The molecule has 0 bridgehead atoms. The molecule has 0 amide bonds. The number of pyridine rings is 1. The molecule has 0 spiro atoms. The molecule has 4 rings (SSSR count). The largest absolute Gasteiger partial charge is 0.316 e. The molecule has 154 valence electrons. The van der Waals surface area contributed by atoms with E-state index in [-0.39, 0.29) is 5.25 Å². The van der Waals surface area contributed by atoms with Crippen molar-refractivity contribution in [2.24, 2.45) is 10.3 Å². The highest BCUT2D eigenvalue weighted by molar-refractivity contribution is 7.94. The van der Waals surface area contributed by atoms with E-state index in [0.717, 1.165) is 30.6 Å². The Kier molecular flexibility index (Phi) is 5.21. The summed E-state index contributed by atoms with van der Waals surface area (Å²) in [6.45, 7) is 7.83. The number of halogens is 1. The molecule has 3 aromatic rings. The molecule has 3 heterocycles. The molecular weight excluding hydrogens is 387 g/mol. The van der Waals surface area contributed by atoms with Crippen molar-refractivity contribution in [3.05, 3.63) is 53.7 Å². The Labute approximate surface area is 171 Å². The highest BCUT2D eigenvalue weighted by atomic mass is 32.2. The molecule has 1 fully saturated rings. The number of benzene rings is 1. The molecule has 1 saturated heterocycles. The van der Waals surface area contributed by atoms with E-state index in [2.05, 4.69) is 27.8 Å². The van der Waals surface area contributed by atoms with Gasteiger partial charge in [-0.25, -0.2) is 13.0 Å². The molecule has 0 aliphatic carbocycles. The van der Waals surface area contributed by atoms with E-state index in [1.165, 1.54) is 23.1 Å². The minimum atomic E-state index is -2.78. The minimum Gasteiger partial charge on any atom is -0.316 e. The van der Waals surface area contributed by atoms with Crippen LogP contribution in [0, 0.1) is 18.7 Å². The second kappa shape index (κ2) is 7.54. The number of aryl methyl sites for hydroxylation is 1. The molecule has 1 aliphatic heterocycles. The zero-order chi connectivity index (χ0) is 20.8. The summed E-state index contributed by atoms with van der Waals surface area (Å²) in [7, 11) is -1.23. The van der Waals surface area contributed by atoms with E-state index < -0.39 is 15.5 Å². The van der Waals surface area contributed by atoms with Gasteiger partial charge in [-0.1, -0.05) is 0 Å². The average molecular weight is 415 g/mol. The summed E-state index contributed by atoms with van der Waals surface area (Å²) in [4.78, 5) is 4.82. The van der Waals surface area contributed by atoms with Crippen molar-refractivity contribution < 1.29 is 8.60 Å². The zero-order valence-electron chi connectivity index (χ0n) is 17.3. The standard InChI is InChI=1S/C22H27FN4OS/c1-14(2)29(28,24-4)21-8-18(23)5-6-19(21)27-13-17(7-16-10-26-11-16)22-15(3)9-25-12-20(22)27/h5-6,8-9,12-14,16,26H,7,10-11H2,1-4H3. The van der Waals surface area contributed by atoms with Crippen LogP contribution in [0.5, 0.6) is 0 Å². The van der Waals surface area contributed by atoms with Gasteiger partial charge in [-0.05, 0) is 75.5 Å². The van der Waals surface area contributed by atoms with E-state index in [4.69, 9.17) is 0 Å². The SMILES string of the molecule is CN=S(=O)(c1cc(F)ccc1-n1cc(CC2CNC2)c2c(C)cncc21)C(C)C. The summed E-state index contributed by atoms with van der Waals surface area (Å²) >= 11 is 0. The second-order valence-electron chi connectivity index (χ2n) is 8.02. The molecule has 1 aliphatic rings. The van der Waals surface area contributed by atoms with E-state index in [1.54, 1.807) is 13.1 Å². The van der Waals surface area contributed by atoms with Gasteiger partial charge in [0.05, 0.1) is 32.0 Å². The maximum absolute atomic E-state index is 14.2. The van der Waals surface area contributed by atoms with Gasteiger partial charge in [0.1, 0.15) is 5.82 Å². The third-order valence-electron chi connectivity index (χ3n) is 5.76. The molecule has 1 N–H and O–H groups in total. The van der Waals surface area contributed by atoms with Crippen LogP contribution in [0.2, 0.25) is 0 Å². The molecule has 7 heteroatoms. The van der Waals surface area contributed by atoms with Crippen molar-refractivity contribution in [3.63, 3.8) is 0 Å². The van der Waals surface area contributed by atoms with Crippen LogP contribution in [0.15, 0.2) is 46.0 Å². The fourth-order valence-corrected chi connectivity index (χ4v) is 5.96. The maximum atomic E-state index is 14.2. The van der Waals surface area contributed by atoms with Crippen LogP contribution in [0.3, 0.4) is 0 Å². The predicted octanol–water partition coefficient (Wildman–Crippen LogP) is 4.10. The first kappa shape index (κ1) is 20.0. The number of rotatable bonds is 5. The van der Waals surface area contributed by atoms with Crippen molar-refractivity contribution in [1.82, 2.24) is 14.9 Å². The van der Waals surface area contributed by atoms with Gasteiger partial charge in [0.2, 0.25) is 0 Å². The summed E-state index contributed by atoms with van der Waals surface area (Å²) in [5.41, 5.74) is 4.00. The summed E-state index contributed by atoms with van der Waals surface area (Å²) in [6.07, 6.45) is 6.78. The Morgan fingerprint density at radius 2 is 2.10 bits per heavy atom. The van der Waals surface area contributed by atoms with Crippen LogP contribution in [0.1, 0.15) is 25.0 Å². The van der Waals surface area contributed by atoms with Crippen molar-refractivity contribution in [3.8, 4) is 5.69 Å². The molecule has 2 aromatic heterocycles. The van der Waals surface area contributed by atoms with Gasteiger partial charge >= 0.3 is 0 Å². The number of hydrogen-bond donors (Lipinski definition) is 1. The lowest BCUT2D eigenvalue weighted by Gasteiger charge is -2.26. The average Bonchev–Trinajstić information content (AvgIpc) is 3.03. The molecule has 5 nitrogen and oxygen atoms in total. The van der Waals surface area contributed by atoms with Crippen LogP contribution in [-0.2, 0) is 16.1 Å². The number of fused-ring (bicyclic) bond motifs is 1. The molecule has 0 saturated carbocycles. The minimum absolute atomic E-state index is 0.241. The van der Waals surface area contributed by atoms with Gasteiger partial charge in [0.25, 0.3) is 0 Å². The van der Waals surface area contributed by atoms with E-state index in [0.29, 0.717) is 16.5 Å². The van der Waals surface area contributed by atoms with Crippen molar-refractivity contribution in [1.29, 1.82) is 0 Å². The molecule has 0 radical (unpaired) electrons. The van der Waals surface area contributed by atoms with Gasteiger partial charge < -0.3 is 9.88 Å². The monoisotopic (exact) mass is 414 g/mol. The Morgan fingerprint density at radius 1 is 1.34 bits per heavy atom. The van der Waals surface area contributed by atoms with Crippen LogP contribution in [0.25, 0.3) is 16.6 Å². The van der Waals surface area contributed by atoms with Crippen molar-refractivity contribution >= 4 is 20.6 Å². The summed E-state index contributed by atoms with van der Waals surface area (Å²) < 4.78 is 34.1. The Morgan fingerprint density at radius 3 is 2.72 bits per heavy atom. The summed E-state index contributed by atoms with van der Waals surface area (Å²) in [6, 6.07) is 4.49. The summed E-state index contributed by atoms with van der Waals surface area (Å²) in [5, 5.41) is 4.26. The molecule has 1 atom stereocenters. The number of nitrogens with one attached hydrogen (secondary N) is 1. The van der Waals surface area contributed by atoms with Gasteiger partial charge in [-0.3, -0.25) is 4.98 Å². The van der Waals surface area contributed by atoms with Crippen molar-refractivity contribution in [2.75, 3.05) is 20.1 Å². The lowest BCUT2D eigenvalue weighted by Crippen LogP contribution is -2.43. The topological polar surface area (TPSA) is 59.3 Å². The Bertz CT molecular complexity index is 1190. The molecule has 1 unspecified atom stereocenters. The van der Waals surface area contributed by atoms with Gasteiger partial charge in [-0.2, -0.15) is 0 Å². The second-order valence-corrected chi connectivity index (χ2v) is 10.9. The highest BCUT2D eigenvalue weighted by Crippen LogP contribution is 2.33. The van der Waals surface area contributed by atoms with Crippen LogP contribution < -0.4 is 5.32 Å². The quantitative estimate of drug-likeness (QED) is 0.684. The molecule has 1 aromatic carbocycles. The molecule has 29 heavy (non-hydrogen) atoms. The first-order chi connectivity index (χ1) is 13.8. The maximum Gasteiger partial charge on any atom is 0.124 e. The Balaban J connectivity index is 1.99. The number of aromatic nitrogens is 2. The van der Waals surface area contributed by atoms with E-state index in [9.17, 15) is 8.60 Å². The van der Waals surface area contributed by atoms with Crippen LogP contribution >= 0.6 is 0 Å². The lowest BCUT2D eigenvalue weighted by atomic mass is 9.93. The number of nitrogens with zero attached hydrogens (tertiary/aromatic N) is 3. The number of hydrogen-bond acceptors (Lipinski definition) is 4. The van der Waals surface area contributed by atoms with Crippen LogP contribution in [0.4, 0.5) is 4.39 Å². The third-order valence-corrected chi connectivity index (χ3v) is 8.54. The van der Waals surface area contributed by atoms with Gasteiger partial charge in [0, 0.05) is 30.1 Å². The van der Waals surface area contributed by atoms with Crippen molar-refractivity contribution in [2.45, 2.75) is 37.3 Å². The van der Waals surface area contributed by atoms with Crippen LogP contribution in [-0.4, -0.2) is 39.1 Å². The van der Waals surface area contributed by atoms with Gasteiger partial charge in [-0.15, -0.1) is 0 Å². The third kappa shape index (κ3) is 3.36. The lowest BCUT2D eigenvalue weighted by molar-refractivity contribution is 0.347. The smallest absolute Gasteiger partial charge is 0.124 e.